The van der Waals surface area contributed by atoms with Crippen LogP contribution in [0.1, 0.15) is 64.0 Å². The van der Waals surface area contributed by atoms with E-state index in [-0.39, 0.29) is 17.9 Å². The number of hydrogen-bond acceptors (Lipinski definition) is 3. The van der Waals surface area contributed by atoms with Crippen LogP contribution in [0.3, 0.4) is 0 Å². The first-order chi connectivity index (χ1) is 13.9. The van der Waals surface area contributed by atoms with Crippen LogP contribution in [0.5, 0.6) is 0 Å². The van der Waals surface area contributed by atoms with E-state index in [4.69, 9.17) is 0 Å². The van der Waals surface area contributed by atoms with Gasteiger partial charge in [0.25, 0.3) is 0 Å². The summed E-state index contributed by atoms with van der Waals surface area (Å²) < 4.78 is 0. The van der Waals surface area contributed by atoms with Crippen molar-refractivity contribution < 1.29 is 9.59 Å². The van der Waals surface area contributed by atoms with E-state index in [9.17, 15) is 9.59 Å². The Morgan fingerprint density at radius 1 is 1.17 bits per heavy atom. The average Bonchev–Trinajstić information content (AvgIpc) is 2.69. The van der Waals surface area contributed by atoms with Crippen LogP contribution >= 0.6 is 0 Å². The molecule has 1 aromatic carbocycles. The molecule has 0 aliphatic carbocycles. The summed E-state index contributed by atoms with van der Waals surface area (Å²) in [7, 11) is 0. The second-order valence-corrected chi connectivity index (χ2v) is 9.23. The van der Waals surface area contributed by atoms with Crippen molar-refractivity contribution in [2.75, 3.05) is 19.6 Å². The van der Waals surface area contributed by atoms with Crippen LogP contribution in [0, 0.1) is 12.8 Å². The molecule has 2 amide bonds. The molecule has 2 aliphatic heterocycles. The highest BCUT2D eigenvalue weighted by atomic mass is 16.2. The Kier molecular flexibility index (Phi) is 6.99. The Bertz CT molecular complexity index is 723. The number of benzene rings is 1. The van der Waals surface area contributed by atoms with Crippen LogP contribution < -0.4 is 5.32 Å². The van der Waals surface area contributed by atoms with E-state index in [2.05, 4.69) is 62.2 Å². The molecule has 2 fully saturated rings. The van der Waals surface area contributed by atoms with Crippen LogP contribution in [0.2, 0.25) is 0 Å². The van der Waals surface area contributed by atoms with Crippen molar-refractivity contribution in [1.29, 1.82) is 0 Å². The third kappa shape index (κ3) is 4.66. The van der Waals surface area contributed by atoms with E-state index >= 15 is 0 Å². The summed E-state index contributed by atoms with van der Waals surface area (Å²) in [5.41, 5.74) is 1.98. The maximum Gasteiger partial charge on any atom is 0.246 e. The Morgan fingerprint density at radius 2 is 1.86 bits per heavy atom. The summed E-state index contributed by atoms with van der Waals surface area (Å²) in [4.78, 5) is 31.0. The molecule has 160 valence electrons. The Balaban J connectivity index is 1.74. The number of piperidine rings is 1. The fraction of sp³-hybridized carbons (Fsp3) is 0.667. The predicted molar refractivity (Wildman–Crippen MR) is 116 cm³/mol. The van der Waals surface area contributed by atoms with Crippen molar-refractivity contribution in [3.05, 3.63) is 35.4 Å². The van der Waals surface area contributed by atoms with Gasteiger partial charge in [0.15, 0.2) is 0 Å². The molecule has 1 atom stereocenters. The number of likely N-dealkylation sites (tertiary alicyclic amines) is 1. The van der Waals surface area contributed by atoms with Gasteiger partial charge >= 0.3 is 0 Å². The molecule has 0 aromatic heterocycles. The van der Waals surface area contributed by atoms with Gasteiger partial charge in [-0.2, -0.15) is 0 Å². The number of carbonyl (C=O) groups excluding carboxylic acids is 2. The van der Waals surface area contributed by atoms with Gasteiger partial charge in [0.1, 0.15) is 11.6 Å². The highest BCUT2D eigenvalue weighted by molar-refractivity contribution is 6.00. The van der Waals surface area contributed by atoms with Gasteiger partial charge in [0.05, 0.1) is 0 Å². The second-order valence-electron chi connectivity index (χ2n) is 9.23. The number of amides is 2. The number of nitrogens with one attached hydrogen (secondary N) is 1. The summed E-state index contributed by atoms with van der Waals surface area (Å²) in [6.45, 7) is 11.8. The van der Waals surface area contributed by atoms with Gasteiger partial charge in [-0.25, -0.2) is 0 Å². The maximum absolute atomic E-state index is 13.3. The second kappa shape index (κ2) is 9.29. The lowest BCUT2D eigenvalue weighted by molar-refractivity contribution is -0.161. The molecular weight excluding hydrogens is 362 g/mol. The van der Waals surface area contributed by atoms with Crippen molar-refractivity contribution in [2.45, 2.75) is 77.9 Å². The zero-order chi connectivity index (χ0) is 21.0. The number of nitrogens with zero attached hydrogens (tertiary/aromatic N) is 2. The van der Waals surface area contributed by atoms with Crippen molar-refractivity contribution in [3.63, 3.8) is 0 Å². The molecule has 0 bridgehead atoms. The number of rotatable bonds is 7. The molecule has 2 saturated heterocycles. The van der Waals surface area contributed by atoms with Crippen LogP contribution in [0.15, 0.2) is 24.3 Å². The Labute approximate surface area is 175 Å². The molecule has 5 nitrogen and oxygen atoms in total. The Hall–Kier alpha value is -1.88. The van der Waals surface area contributed by atoms with Crippen LogP contribution in [0.25, 0.3) is 0 Å². The first-order valence-electron chi connectivity index (χ1n) is 11.3. The van der Waals surface area contributed by atoms with Gasteiger partial charge in [-0.1, -0.05) is 51.5 Å². The molecule has 1 spiro atoms. The minimum Gasteiger partial charge on any atom is -0.342 e. The fourth-order valence-corrected chi connectivity index (χ4v) is 4.75. The number of piperazine rings is 1. The van der Waals surface area contributed by atoms with Crippen LogP contribution in [-0.4, -0.2) is 52.8 Å². The highest BCUT2D eigenvalue weighted by Gasteiger charge is 2.53. The van der Waals surface area contributed by atoms with Crippen molar-refractivity contribution >= 4 is 11.8 Å². The highest BCUT2D eigenvalue weighted by Crippen LogP contribution is 2.34. The van der Waals surface area contributed by atoms with Gasteiger partial charge < -0.3 is 10.2 Å². The molecule has 2 heterocycles. The van der Waals surface area contributed by atoms with Crippen molar-refractivity contribution in [2.24, 2.45) is 5.92 Å². The number of aryl methyl sites for hydroxylation is 1. The zero-order valence-electron chi connectivity index (χ0n) is 18.5. The first-order valence-corrected chi connectivity index (χ1v) is 11.3. The van der Waals surface area contributed by atoms with Crippen LogP contribution in [0.4, 0.5) is 0 Å². The first kappa shape index (κ1) is 21.8. The number of carbonyl (C=O) groups is 2. The lowest BCUT2D eigenvalue weighted by atomic mass is 9.80. The third-order valence-corrected chi connectivity index (χ3v) is 6.59. The molecule has 29 heavy (non-hydrogen) atoms. The van der Waals surface area contributed by atoms with Crippen molar-refractivity contribution in [3.8, 4) is 0 Å². The third-order valence-electron chi connectivity index (χ3n) is 6.59. The summed E-state index contributed by atoms with van der Waals surface area (Å²) in [6, 6.07) is 8.12. The quantitative estimate of drug-likeness (QED) is 0.763. The van der Waals surface area contributed by atoms with E-state index in [0.29, 0.717) is 31.7 Å². The summed E-state index contributed by atoms with van der Waals surface area (Å²) in [6.07, 6.45) is 4.11. The van der Waals surface area contributed by atoms with Crippen LogP contribution in [-0.2, 0) is 16.1 Å². The maximum atomic E-state index is 13.3. The van der Waals surface area contributed by atoms with Gasteiger partial charge in [-0.3, -0.25) is 14.5 Å². The van der Waals surface area contributed by atoms with E-state index in [1.165, 1.54) is 11.1 Å². The van der Waals surface area contributed by atoms with Gasteiger partial charge in [0.2, 0.25) is 11.8 Å². The largest absolute Gasteiger partial charge is 0.342 e. The van der Waals surface area contributed by atoms with E-state index in [0.717, 1.165) is 32.5 Å². The summed E-state index contributed by atoms with van der Waals surface area (Å²) in [5.74, 6) is 0.566. The minimum atomic E-state index is -0.665. The van der Waals surface area contributed by atoms with E-state index in [1.54, 1.807) is 0 Å². The smallest absolute Gasteiger partial charge is 0.246 e. The van der Waals surface area contributed by atoms with Gasteiger partial charge in [-0.05, 0) is 49.7 Å². The summed E-state index contributed by atoms with van der Waals surface area (Å²) >= 11 is 0. The molecule has 2 aliphatic rings. The average molecular weight is 400 g/mol. The summed E-state index contributed by atoms with van der Waals surface area (Å²) in [5, 5.41) is 3.09. The zero-order valence-corrected chi connectivity index (χ0v) is 18.5. The molecular formula is C24H37N3O2. The molecule has 3 rings (SSSR count). The number of unbranched alkanes of at least 4 members (excludes halogenated alkanes) is 1. The number of hydrogen-bond donors (Lipinski definition) is 1. The van der Waals surface area contributed by atoms with Gasteiger partial charge in [-0.15, -0.1) is 0 Å². The van der Waals surface area contributed by atoms with E-state index < -0.39 is 5.54 Å². The Morgan fingerprint density at radius 3 is 2.48 bits per heavy atom. The van der Waals surface area contributed by atoms with Crippen molar-refractivity contribution in [1.82, 2.24) is 15.1 Å². The molecule has 5 heteroatoms. The molecule has 1 aromatic rings. The minimum absolute atomic E-state index is 0.0643. The molecule has 0 radical (unpaired) electrons. The normalized spacial score (nSPS) is 22.4. The molecule has 0 saturated carbocycles. The topological polar surface area (TPSA) is 52.7 Å². The lowest BCUT2D eigenvalue weighted by Crippen LogP contribution is -2.73. The predicted octanol–water partition coefficient (Wildman–Crippen LogP) is 3.50. The lowest BCUT2D eigenvalue weighted by Gasteiger charge is -2.52. The molecule has 1 N–H and O–H groups in total. The standard InChI is InChI=1S/C24H37N3O2/c1-5-6-13-27-22(28)21(16-18(2)3)25-23(29)24(27)11-14-26(15-12-24)17-20-10-8-7-9-19(20)4/h7-10,18,21H,5-6,11-17H2,1-4H3,(H,25,29). The SMILES string of the molecule is CCCCN1C(=O)C(CC(C)C)NC(=O)C12CCN(Cc1ccccc1C)CC2. The monoisotopic (exact) mass is 399 g/mol. The van der Waals surface area contributed by atoms with E-state index in [1.807, 2.05) is 4.90 Å². The molecule has 1 unspecified atom stereocenters. The fourth-order valence-electron chi connectivity index (χ4n) is 4.75. The van der Waals surface area contributed by atoms with Gasteiger partial charge in [0, 0.05) is 26.2 Å².